The quantitative estimate of drug-likeness (QED) is 0.433. The first kappa shape index (κ1) is 20.0. The zero-order valence-corrected chi connectivity index (χ0v) is 17.0. The Hall–Kier alpha value is -1.79. The Morgan fingerprint density at radius 2 is 1.96 bits per heavy atom. The molecule has 0 bridgehead atoms. The van der Waals surface area contributed by atoms with E-state index in [2.05, 4.69) is 52.6 Å². The molecule has 1 aromatic carbocycles. The normalized spacial score (nSPS) is 23.0. The number of guanidine groups is 1. The maximum Gasteiger partial charge on any atom is 0.190 e. The highest BCUT2D eigenvalue weighted by molar-refractivity contribution is 5.79. The zero-order valence-electron chi connectivity index (χ0n) is 17.0. The van der Waals surface area contributed by atoms with E-state index in [1.807, 2.05) is 7.05 Å². The van der Waals surface area contributed by atoms with E-state index in [0.717, 1.165) is 70.3 Å². The van der Waals surface area contributed by atoms with Crippen molar-refractivity contribution in [2.24, 2.45) is 4.99 Å². The number of aliphatic imine (C=N–C) groups is 1. The van der Waals surface area contributed by atoms with Gasteiger partial charge < -0.3 is 20.1 Å². The molecule has 2 N–H and O–H groups in total. The maximum atomic E-state index is 5.79. The molecule has 0 saturated carbocycles. The lowest BCUT2D eigenvalue weighted by atomic mass is 10.1. The average molecular weight is 375 g/mol. The minimum atomic E-state index is 0.335. The minimum Gasteiger partial charge on any atom is -0.493 e. The molecule has 0 amide bonds. The van der Waals surface area contributed by atoms with Crippen LogP contribution in [0.15, 0.2) is 23.2 Å². The summed E-state index contributed by atoms with van der Waals surface area (Å²) in [6.07, 6.45) is 3.78. The molecule has 0 spiro atoms. The molecule has 3 rings (SSSR count). The molecule has 2 unspecified atom stereocenters. The first-order chi connectivity index (χ1) is 13.1. The Bertz CT molecular complexity index is 625. The van der Waals surface area contributed by atoms with Gasteiger partial charge in [-0.15, -0.1) is 0 Å². The van der Waals surface area contributed by atoms with Crippen LogP contribution in [0.1, 0.15) is 31.4 Å². The van der Waals surface area contributed by atoms with E-state index in [9.17, 15) is 0 Å². The molecule has 1 fully saturated rings. The van der Waals surface area contributed by atoms with Gasteiger partial charge in [0.1, 0.15) is 5.75 Å². The van der Waals surface area contributed by atoms with Crippen LogP contribution in [0, 0.1) is 0 Å². The van der Waals surface area contributed by atoms with Crippen molar-refractivity contribution in [3.05, 3.63) is 29.3 Å². The Morgan fingerprint density at radius 3 is 2.74 bits per heavy atom. The Morgan fingerprint density at radius 1 is 1.19 bits per heavy atom. The number of benzene rings is 1. The average Bonchev–Trinajstić information content (AvgIpc) is 3.10. The third kappa shape index (κ3) is 6.11. The van der Waals surface area contributed by atoms with Gasteiger partial charge in [0.2, 0.25) is 0 Å². The molecule has 0 aromatic heterocycles. The van der Waals surface area contributed by atoms with E-state index >= 15 is 0 Å². The lowest BCUT2D eigenvalue weighted by Crippen LogP contribution is -2.46. The summed E-state index contributed by atoms with van der Waals surface area (Å²) in [6.45, 7) is 10.1. The van der Waals surface area contributed by atoms with Gasteiger partial charge in [-0.2, -0.15) is 0 Å². The van der Waals surface area contributed by atoms with Gasteiger partial charge in [0.25, 0.3) is 0 Å². The molecule has 2 heterocycles. The highest BCUT2D eigenvalue weighted by Gasteiger charge is 2.21. The van der Waals surface area contributed by atoms with Gasteiger partial charge in [-0.05, 0) is 43.9 Å². The summed E-state index contributed by atoms with van der Waals surface area (Å²) in [5, 5.41) is 6.83. The van der Waals surface area contributed by atoms with Crippen molar-refractivity contribution in [1.29, 1.82) is 0 Å². The monoisotopic (exact) mass is 374 g/mol. The Balaban J connectivity index is 1.31. The highest BCUT2D eigenvalue weighted by Crippen LogP contribution is 2.25. The summed E-state index contributed by atoms with van der Waals surface area (Å²) in [7, 11) is 1.83. The van der Waals surface area contributed by atoms with E-state index in [4.69, 9.17) is 9.47 Å². The summed E-state index contributed by atoms with van der Waals surface area (Å²) >= 11 is 0. The molecule has 6 heteroatoms. The smallest absolute Gasteiger partial charge is 0.190 e. The van der Waals surface area contributed by atoms with Gasteiger partial charge in [0, 0.05) is 46.2 Å². The van der Waals surface area contributed by atoms with Gasteiger partial charge in [-0.3, -0.25) is 9.89 Å². The van der Waals surface area contributed by atoms with Crippen LogP contribution in [0.5, 0.6) is 5.75 Å². The highest BCUT2D eigenvalue weighted by atomic mass is 16.5. The number of hydrogen-bond acceptors (Lipinski definition) is 4. The van der Waals surface area contributed by atoms with Crippen LogP contribution in [-0.2, 0) is 17.6 Å². The van der Waals surface area contributed by atoms with Crippen LogP contribution in [0.3, 0.4) is 0 Å². The largest absolute Gasteiger partial charge is 0.493 e. The SMILES string of the molecule is CN=C(NCCCN1CC(C)OC(C)C1)NCCc1ccc2c(c1)CCO2. The number of hydrogen-bond donors (Lipinski definition) is 2. The molecular formula is C21H34N4O2. The number of ether oxygens (including phenoxy) is 2. The Labute approximate surface area is 163 Å². The predicted octanol–water partition coefficient (Wildman–Crippen LogP) is 1.83. The molecule has 150 valence electrons. The van der Waals surface area contributed by atoms with Gasteiger partial charge in [0.05, 0.1) is 18.8 Å². The first-order valence-corrected chi connectivity index (χ1v) is 10.2. The summed E-state index contributed by atoms with van der Waals surface area (Å²) in [4.78, 5) is 6.82. The van der Waals surface area contributed by atoms with E-state index in [1.165, 1.54) is 11.1 Å². The van der Waals surface area contributed by atoms with Gasteiger partial charge in [0.15, 0.2) is 5.96 Å². The molecule has 2 aliphatic rings. The van der Waals surface area contributed by atoms with Crippen molar-refractivity contribution >= 4 is 5.96 Å². The summed E-state index contributed by atoms with van der Waals surface area (Å²) in [5.74, 6) is 1.93. The molecule has 2 aliphatic heterocycles. The van der Waals surface area contributed by atoms with Crippen molar-refractivity contribution in [2.45, 2.75) is 45.3 Å². The molecule has 6 nitrogen and oxygen atoms in total. The fourth-order valence-electron chi connectivity index (χ4n) is 3.92. The second-order valence-corrected chi connectivity index (χ2v) is 7.59. The summed E-state index contributed by atoms with van der Waals surface area (Å²) in [5.41, 5.74) is 2.68. The van der Waals surface area contributed by atoms with Crippen LogP contribution in [0.25, 0.3) is 0 Å². The fraction of sp³-hybridized carbons (Fsp3) is 0.667. The number of fused-ring (bicyclic) bond motifs is 1. The van der Waals surface area contributed by atoms with E-state index in [0.29, 0.717) is 12.2 Å². The first-order valence-electron chi connectivity index (χ1n) is 10.2. The van der Waals surface area contributed by atoms with E-state index in [-0.39, 0.29) is 0 Å². The molecule has 1 aromatic rings. The van der Waals surface area contributed by atoms with Crippen LogP contribution in [-0.4, -0.2) is 69.4 Å². The summed E-state index contributed by atoms with van der Waals surface area (Å²) < 4.78 is 11.4. The van der Waals surface area contributed by atoms with Crippen LogP contribution in [0.4, 0.5) is 0 Å². The van der Waals surface area contributed by atoms with Crippen LogP contribution >= 0.6 is 0 Å². The van der Waals surface area contributed by atoms with E-state index < -0.39 is 0 Å². The molecule has 27 heavy (non-hydrogen) atoms. The second kappa shape index (κ2) is 9.95. The molecule has 1 saturated heterocycles. The minimum absolute atomic E-state index is 0.335. The van der Waals surface area contributed by atoms with Crippen molar-refractivity contribution in [3.63, 3.8) is 0 Å². The van der Waals surface area contributed by atoms with Crippen molar-refractivity contribution in [3.8, 4) is 5.75 Å². The van der Waals surface area contributed by atoms with Crippen molar-refractivity contribution < 1.29 is 9.47 Å². The van der Waals surface area contributed by atoms with Gasteiger partial charge in [-0.25, -0.2) is 0 Å². The lowest BCUT2D eigenvalue weighted by molar-refractivity contribution is -0.0679. The van der Waals surface area contributed by atoms with Crippen molar-refractivity contribution in [2.75, 3.05) is 46.4 Å². The molecule has 2 atom stereocenters. The standard InChI is InChI=1S/C21H34N4O2/c1-16-14-25(15-17(2)27-16)11-4-9-23-21(22-3)24-10-7-18-5-6-20-19(13-18)8-12-26-20/h5-6,13,16-17H,4,7-12,14-15H2,1-3H3,(H2,22,23,24). The molecule has 0 aliphatic carbocycles. The number of nitrogens with one attached hydrogen (secondary N) is 2. The van der Waals surface area contributed by atoms with Gasteiger partial charge >= 0.3 is 0 Å². The second-order valence-electron chi connectivity index (χ2n) is 7.59. The lowest BCUT2D eigenvalue weighted by Gasteiger charge is -2.35. The number of rotatable bonds is 7. The van der Waals surface area contributed by atoms with E-state index in [1.54, 1.807) is 0 Å². The number of morpholine rings is 1. The van der Waals surface area contributed by atoms with Gasteiger partial charge in [-0.1, -0.05) is 12.1 Å². The number of nitrogens with zero attached hydrogens (tertiary/aromatic N) is 2. The molecular weight excluding hydrogens is 340 g/mol. The van der Waals surface area contributed by atoms with Crippen LogP contribution < -0.4 is 15.4 Å². The fourth-order valence-corrected chi connectivity index (χ4v) is 3.92. The van der Waals surface area contributed by atoms with Crippen LogP contribution in [0.2, 0.25) is 0 Å². The third-order valence-corrected chi connectivity index (χ3v) is 5.12. The topological polar surface area (TPSA) is 58.1 Å². The third-order valence-electron chi connectivity index (χ3n) is 5.12. The maximum absolute atomic E-state index is 5.79. The summed E-state index contributed by atoms with van der Waals surface area (Å²) in [6, 6.07) is 6.52. The molecule has 0 radical (unpaired) electrons. The van der Waals surface area contributed by atoms with Crippen molar-refractivity contribution in [1.82, 2.24) is 15.5 Å². The zero-order chi connectivity index (χ0) is 19.1. The Kier molecular flexibility index (Phi) is 7.35. The predicted molar refractivity (Wildman–Crippen MR) is 110 cm³/mol.